The van der Waals surface area contributed by atoms with Gasteiger partial charge < -0.3 is 0 Å². The van der Waals surface area contributed by atoms with Gasteiger partial charge in [-0.25, -0.2) is 0 Å². The standard InChI is InChI=1S/C11H23/c1-6-11(5,7-2)9-8-10(3)4/h10H,3,6-9H2,1-2,4-5H3. The lowest BCUT2D eigenvalue weighted by Crippen LogP contribution is -2.14. The minimum absolute atomic E-state index is 0.575. The van der Waals surface area contributed by atoms with E-state index in [0.29, 0.717) is 11.3 Å². The summed E-state index contributed by atoms with van der Waals surface area (Å²) in [6.07, 6.45) is 5.22. The van der Waals surface area contributed by atoms with Gasteiger partial charge in [-0.05, 0) is 17.8 Å². The molecule has 0 aromatic carbocycles. The van der Waals surface area contributed by atoms with Gasteiger partial charge >= 0.3 is 0 Å². The smallest absolute Gasteiger partial charge is 0.0331 e. The van der Waals surface area contributed by atoms with E-state index in [-0.39, 0.29) is 0 Å². The number of hydrogen-bond donors (Lipinski definition) is 0. The van der Waals surface area contributed by atoms with Crippen LogP contribution in [0.25, 0.3) is 0 Å². The second-order valence-corrected chi connectivity index (χ2v) is 4.16. The molecule has 0 amide bonds. The fourth-order valence-corrected chi connectivity index (χ4v) is 1.20. The minimum atomic E-state index is 0.575. The molecule has 0 spiro atoms. The van der Waals surface area contributed by atoms with Crippen molar-refractivity contribution in [1.29, 1.82) is 0 Å². The van der Waals surface area contributed by atoms with Crippen LogP contribution in [0.2, 0.25) is 0 Å². The van der Waals surface area contributed by atoms with Crippen LogP contribution in [0.15, 0.2) is 0 Å². The van der Waals surface area contributed by atoms with Crippen molar-refractivity contribution in [3.8, 4) is 0 Å². The maximum absolute atomic E-state index is 4.01. The van der Waals surface area contributed by atoms with Crippen LogP contribution in [0.3, 0.4) is 0 Å². The largest absolute Gasteiger partial charge is 0.0649 e. The van der Waals surface area contributed by atoms with Crippen molar-refractivity contribution in [2.75, 3.05) is 0 Å². The molecule has 1 unspecified atom stereocenters. The van der Waals surface area contributed by atoms with Gasteiger partial charge in [-0.2, -0.15) is 0 Å². The summed E-state index contributed by atoms with van der Waals surface area (Å²) in [6, 6.07) is 0. The van der Waals surface area contributed by atoms with E-state index < -0.39 is 0 Å². The van der Waals surface area contributed by atoms with Crippen molar-refractivity contribution < 1.29 is 0 Å². The fourth-order valence-electron chi connectivity index (χ4n) is 1.20. The van der Waals surface area contributed by atoms with Gasteiger partial charge in [-0.15, -0.1) is 0 Å². The Hall–Kier alpha value is 0. The van der Waals surface area contributed by atoms with Crippen LogP contribution in [0.4, 0.5) is 0 Å². The zero-order chi connectivity index (χ0) is 8.91. The number of hydrogen-bond acceptors (Lipinski definition) is 0. The molecule has 0 fully saturated rings. The van der Waals surface area contributed by atoms with Crippen molar-refractivity contribution in [2.24, 2.45) is 11.3 Å². The average molecular weight is 155 g/mol. The molecule has 0 aromatic heterocycles. The third-order valence-corrected chi connectivity index (χ3v) is 2.95. The monoisotopic (exact) mass is 155 g/mol. The first kappa shape index (κ1) is 11.0. The molecule has 1 atom stereocenters. The Morgan fingerprint density at radius 2 is 1.73 bits per heavy atom. The summed E-state index contributed by atoms with van der Waals surface area (Å²) in [5.41, 5.74) is 0.575. The minimum Gasteiger partial charge on any atom is -0.0649 e. The third-order valence-electron chi connectivity index (χ3n) is 2.95. The van der Waals surface area contributed by atoms with Crippen LogP contribution in [0.1, 0.15) is 53.4 Å². The lowest BCUT2D eigenvalue weighted by atomic mass is 9.79. The molecule has 0 heteroatoms. The van der Waals surface area contributed by atoms with Gasteiger partial charge in [-0.3, -0.25) is 0 Å². The Labute approximate surface area is 72.4 Å². The van der Waals surface area contributed by atoms with Crippen molar-refractivity contribution in [3.63, 3.8) is 0 Å². The van der Waals surface area contributed by atoms with E-state index in [1.807, 2.05) is 0 Å². The van der Waals surface area contributed by atoms with Crippen LogP contribution < -0.4 is 0 Å². The van der Waals surface area contributed by atoms with Gasteiger partial charge in [0.2, 0.25) is 0 Å². The van der Waals surface area contributed by atoms with Gasteiger partial charge in [0.05, 0.1) is 0 Å². The van der Waals surface area contributed by atoms with E-state index in [4.69, 9.17) is 0 Å². The normalized spacial score (nSPS) is 12.5. The summed E-state index contributed by atoms with van der Waals surface area (Å²) in [4.78, 5) is 0. The molecule has 67 valence electrons. The van der Waals surface area contributed by atoms with Crippen LogP contribution in [-0.4, -0.2) is 0 Å². The summed E-state index contributed by atoms with van der Waals surface area (Å²) in [7, 11) is 0. The van der Waals surface area contributed by atoms with Crippen molar-refractivity contribution in [1.82, 2.24) is 0 Å². The molecule has 0 aliphatic heterocycles. The third kappa shape index (κ3) is 4.44. The topological polar surface area (TPSA) is 0 Å². The molecule has 0 aromatic rings. The summed E-state index contributed by atoms with van der Waals surface area (Å²) in [6.45, 7) is 13.2. The van der Waals surface area contributed by atoms with Crippen LogP contribution in [-0.2, 0) is 0 Å². The second kappa shape index (κ2) is 4.79. The molecule has 0 N–H and O–H groups in total. The molecule has 0 nitrogen and oxygen atoms in total. The Morgan fingerprint density at radius 3 is 2.00 bits per heavy atom. The zero-order valence-electron chi connectivity index (χ0n) is 8.61. The van der Waals surface area contributed by atoms with E-state index in [1.54, 1.807) is 0 Å². The van der Waals surface area contributed by atoms with Gasteiger partial charge in [-0.1, -0.05) is 53.9 Å². The molecule has 0 rings (SSSR count). The quantitative estimate of drug-likeness (QED) is 0.561. The molecule has 0 heterocycles. The molecule has 1 radical (unpaired) electrons. The lowest BCUT2D eigenvalue weighted by Gasteiger charge is -2.27. The van der Waals surface area contributed by atoms with Crippen molar-refractivity contribution in [3.05, 3.63) is 6.92 Å². The highest BCUT2D eigenvalue weighted by Crippen LogP contribution is 2.32. The molecular formula is C11H23. The molecular weight excluding hydrogens is 132 g/mol. The first-order chi connectivity index (χ1) is 5.04. The molecule has 0 saturated heterocycles. The SMILES string of the molecule is [CH2]C(C)CCC(C)(CC)CC. The number of rotatable bonds is 5. The first-order valence-corrected chi connectivity index (χ1v) is 4.87. The van der Waals surface area contributed by atoms with Crippen molar-refractivity contribution in [2.45, 2.75) is 53.4 Å². The van der Waals surface area contributed by atoms with E-state index in [1.165, 1.54) is 25.7 Å². The molecule has 0 aliphatic rings. The first-order valence-electron chi connectivity index (χ1n) is 4.87. The summed E-state index contributed by atoms with van der Waals surface area (Å²) >= 11 is 0. The highest BCUT2D eigenvalue weighted by molar-refractivity contribution is 4.72. The van der Waals surface area contributed by atoms with E-state index >= 15 is 0 Å². The maximum Gasteiger partial charge on any atom is -0.0331 e. The Morgan fingerprint density at radius 1 is 1.27 bits per heavy atom. The fraction of sp³-hybridized carbons (Fsp3) is 0.909. The zero-order valence-corrected chi connectivity index (χ0v) is 8.61. The molecule has 0 saturated carbocycles. The Kier molecular flexibility index (Phi) is 4.79. The lowest BCUT2D eigenvalue weighted by molar-refractivity contribution is 0.255. The van der Waals surface area contributed by atoms with Crippen LogP contribution in [0, 0.1) is 18.3 Å². The van der Waals surface area contributed by atoms with Gasteiger partial charge in [0.15, 0.2) is 0 Å². The van der Waals surface area contributed by atoms with E-state index in [9.17, 15) is 0 Å². The van der Waals surface area contributed by atoms with E-state index in [2.05, 4.69) is 34.6 Å². The van der Waals surface area contributed by atoms with Gasteiger partial charge in [0.1, 0.15) is 0 Å². The summed E-state index contributed by atoms with van der Waals surface area (Å²) in [5, 5.41) is 0. The molecule has 0 aliphatic carbocycles. The predicted octanol–water partition coefficient (Wildman–Crippen LogP) is 4.06. The van der Waals surface area contributed by atoms with Gasteiger partial charge in [0, 0.05) is 0 Å². The van der Waals surface area contributed by atoms with Gasteiger partial charge in [0.25, 0.3) is 0 Å². The van der Waals surface area contributed by atoms with Crippen LogP contribution >= 0.6 is 0 Å². The molecule has 0 bridgehead atoms. The highest BCUT2D eigenvalue weighted by atomic mass is 14.2. The summed E-state index contributed by atoms with van der Waals surface area (Å²) in [5.74, 6) is 0.618. The average Bonchev–Trinajstić information content (AvgIpc) is 2.00. The molecule has 11 heavy (non-hydrogen) atoms. The highest BCUT2D eigenvalue weighted by Gasteiger charge is 2.18. The summed E-state index contributed by atoms with van der Waals surface area (Å²) < 4.78 is 0. The van der Waals surface area contributed by atoms with E-state index in [0.717, 1.165) is 0 Å². The van der Waals surface area contributed by atoms with Crippen LogP contribution in [0.5, 0.6) is 0 Å². The van der Waals surface area contributed by atoms with Crippen molar-refractivity contribution >= 4 is 0 Å². The Bertz CT molecular complexity index is 88.2. The Balaban J connectivity index is 3.69. The predicted molar refractivity (Wildman–Crippen MR) is 52.4 cm³/mol. The second-order valence-electron chi connectivity index (χ2n) is 4.16. The maximum atomic E-state index is 4.01.